The van der Waals surface area contributed by atoms with E-state index in [1.54, 1.807) is 7.11 Å². The number of aromatic nitrogens is 3. The van der Waals surface area contributed by atoms with Crippen molar-refractivity contribution >= 4 is 6.03 Å². The van der Waals surface area contributed by atoms with E-state index >= 15 is 0 Å². The van der Waals surface area contributed by atoms with Crippen molar-refractivity contribution in [2.24, 2.45) is 5.92 Å². The van der Waals surface area contributed by atoms with E-state index in [1.165, 1.54) is 5.56 Å². The van der Waals surface area contributed by atoms with Crippen LogP contribution in [0.1, 0.15) is 29.7 Å². The molecule has 1 N–H and O–H groups in total. The van der Waals surface area contributed by atoms with Crippen LogP contribution in [0.5, 0.6) is 0 Å². The van der Waals surface area contributed by atoms with Gasteiger partial charge < -0.3 is 15.0 Å². The standard InChI is InChI=1S/C19H27N5O2/c1-15-6-3-4-8-17(15)10-20-19(25)23-9-5-7-16(11-23)12-24-13-18(14-26-2)21-22-24/h3-4,6,8,13,16H,5,7,9-12,14H2,1-2H3,(H,20,25)/t16-/m1/s1. The maximum Gasteiger partial charge on any atom is 0.317 e. The molecule has 2 aromatic rings. The van der Waals surface area contributed by atoms with Gasteiger partial charge >= 0.3 is 6.03 Å². The topological polar surface area (TPSA) is 72.3 Å². The number of hydrogen-bond donors (Lipinski definition) is 1. The quantitative estimate of drug-likeness (QED) is 0.861. The molecule has 0 aliphatic carbocycles. The van der Waals surface area contributed by atoms with Gasteiger partial charge in [-0.2, -0.15) is 0 Å². The van der Waals surface area contributed by atoms with Crippen LogP contribution in [0.2, 0.25) is 0 Å². The molecule has 0 unspecified atom stereocenters. The molecule has 0 radical (unpaired) electrons. The fraction of sp³-hybridized carbons (Fsp3) is 0.526. The molecule has 2 amide bonds. The van der Waals surface area contributed by atoms with Crippen LogP contribution in [0.4, 0.5) is 4.79 Å². The van der Waals surface area contributed by atoms with Gasteiger partial charge in [-0.05, 0) is 36.8 Å². The molecule has 1 aromatic heterocycles. The Morgan fingerprint density at radius 3 is 3.04 bits per heavy atom. The van der Waals surface area contributed by atoms with E-state index in [1.807, 2.05) is 27.9 Å². The highest BCUT2D eigenvalue weighted by Crippen LogP contribution is 2.18. The minimum absolute atomic E-state index is 0.0108. The maximum absolute atomic E-state index is 12.5. The second-order valence-corrected chi connectivity index (χ2v) is 6.90. The van der Waals surface area contributed by atoms with E-state index in [4.69, 9.17) is 4.74 Å². The molecule has 1 aromatic carbocycles. The molecule has 7 nitrogen and oxygen atoms in total. The lowest BCUT2D eigenvalue weighted by Crippen LogP contribution is -2.46. The van der Waals surface area contributed by atoms with E-state index in [2.05, 4.69) is 34.7 Å². The Kier molecular flexibility index (Phi) is 6.22. The summed E-state index contributed by atoms with van der Waals surface area (Å²) in [6.45, 7) is 5.43. The summed E-state index contributed by atoms with van der Waals surface area (Å²) >= 11 is 0. The van der Waals surface area contributed by atoms with Crippen LogP contribution in [0, 0.1) is 12.8 Å². The Morgan fingerprint density at radius 1 is 1.38 bits per heavy atom. The summed E-state index contributed by atoms with van der Waals surface area (Å²) < 4.78 is 6.93. The summed E-state index contributed by atoms with van der Waals surface area (Å²) in [6, 6.07) is 8.14. The Labute approximate surface area is 154 Å². The molecule has 0 bridgehead atoms. The largest absolute Gasteiger partial charge is 0.378 e. The highest BCUT2D eigenvalue weighted by atomic mass is 16.5. The average Bonchev–Trinajstić information content (AvgIpc) is 3.08. The molecule has 1 fully saturated rings. The molecule has 1 aliphatic heterocycles. The number of hydrogen-bond acceptors (Lipinski definition) is 4. The Morgan fingerprint density at radius 2 is 2.23 bits per heavy atom. The number of likely N-dealkylation sites (tertiary alicyclic amines) is 1. The van der Waals surface area contributed by atoms with Gasteiger partial charge in [-0.25, -0.2) is 4.79 Å². The van der Waals surface area contributed by atoms with Crippen LogP contribution in [0.25, 0.3) is 0 Å². The van der Waals surface area contributed by atoms with Gasteiger partial charge in [0.1, 0.15) is 5.69 Å². The highest BCUT2D eigenvalue weighted by molar-refractivity contribution is 5.74. The van der Waals surface area contributed by atoms with Crippen LogP contribution in [0.3, 0.4) is 0 Å². The number of aryl methyl sites for hydroxylation is 1. The van der Waals surface area contributed by atoms with Crippen molar-refractivity contribution in [1.82, 2.24) is 25.2 Å². The second-order valence-electron chi connectivity index (χ2n) is 6.90. The summed E-state index contributed by atoms with van der Waals surface area (Å²) in [4.78, 5) is 14.4. The third kappa shape index (κ3) is 4.82. The molecule has 7 heteroatoms. The lowest BCUT2D eigenvalue weighted by Gasteiger charge is -2.32. The van der Waals surface area contributed by atoms with Crippen LogP contribution in [0.15, 0.2) is 30.5 Å². The molecular formula is C19H27N5O2. The van der Waals surface area contributed by atoms with Crippen molar-refractivity contribution in [3.63, 3.8) is 0 Å². The van der Waals surface area contributed by atoms with Crippen molar-refractivity contribution in [2.45, 2.75) is 39.5 Å². The van der Waals surface area contributed by atoms with Gasteiger partial charge in [0.25, 0.3) is 0 Å². The summed E-state index contributed by atoms with van der Waals surface area (Å²) in [5.41, 5.74) is 3.18. The molecule has 3 rings (SSSR count). The number of carbonyl (C=O) groups is 1. The molecule has 1 aliphatic rings. The highest BCUT2D eigenvalue weighted by Gasteiger charge is 2.24. The summed E-state index contributed by atoms with van der Waals surface area (Å²) in [5, 5.41) is 11.3. The van der Waals surface area contributed by atoms with Crippen LogP contribution < -0.4 is 5.32 Å². The number of rotatable bonds is 6. The Bertz CT molecular complexity index is 730. The zero-order valence-electron chi connectivity index (χ0n) is 15.5. The predicted octanol–water partition coefficient (Wildman–Crippen LogP) is 2.35. The van der Waals surface area contributed by atoms with Crippen LogP contribution in [-0.4, -0.2) is 46.1 Å². The molecule has 0 saturated carbocycles. The number of ether oxygens (including phenoxy) is 1. The van der Waals surface area contributed by atoms with Gasteiger partial charge in [-0.1, -0.05) is 29.5 Å². The molecule has 0 spiro atoms. The van der Waals surface area contributed by atoms with E-state index in [9.17, 15) is 4.79 Å². The fourth-order valence-corrected chi connectivity index (χ4v) is 3.40. The zero-order chi connectivity index (χ0) is 18.4. The van der Waals surface area contributed by atoms with E-state index in [-0.39, 0.29) is 6.03 Å². The summed E-state index contributed by atoms with van der Waals surface area (Å²) in [7, 11) is 1.65. The van der Waals surface area contributed by atoms with Gasteiger partial charge in [-0.15, -0.1) is 5.10 Å². The number of piperidine rings is 1. The number of nitrogens with one attached hydrogen (secondary N) is 1. The van der Waals surface area contributed by atoms with Gasteiger partial charge in [0.2, 0.25) is 0 Å². The van der Waals surface area contributed by atoms with Crippen molar-refractivity contribution in [2.75, 3.05) is 20.2 Å². The Hall–Kier alpha value is -2.41. The molecule has 1 atom stereocenters. The molecule has 1 saturated heterocycles. The molecule has 26 heavy (non-hydrogen) atoms. The lowest BCUT2D eigenvalue weighted by molar-refractivity contribution is 0.157. The van der Waals surface area contributed by atoms with E-state index < -0.39 is 0 Å². The number of methoxy groups -OCH3 is 1. The monoisotopic (exact) mass is 357 g/mol. The first-order valence-electron chi connectivity index (χ1n) is 9.11. The minimum Gasteiger partial charge on any atom is -0.378 e. The molecular weight excluding hydrogens is 330 g/mol. The maximum atomic E-state index is 12.5. The van der Waals surface area contributed by atoms with E-state index in [0.717, 1.165) is 43.7 Å². The summed E-state index contributed by atoms with van der Waals surface area (Å²) in [5.74, 6) is 0.394. The van der Waals surface area contributed by atoms with Crippen molar-refractivity contribution in [3.8, 4) is 0 Å². The molecule has 140 valence electrons. The van der Waals surface area contributed by atoms with Gasteiger partial charge in [0.15, 0.2) is 0 Å². The third-order valence-electron chi connectivity index (χ3n) is 4.82. The van der Waals surface area contributed by atoms with Gasteiger partial charge in [0.05, 0.1) is 12.8 Å². The smallest absolute Gasteiger partial charge is 0.317 e. The normalized spacial score (nSPS) is 17.3. The first-order valence-corrected chi connectivity index (χ1v) is 9.11. The van der Waals surface area contributed by atoms with Crippen molar-refractivity contribution in [3.05, 3.63) is 47.3 Å². The van der Waals surface area contributed by atoms with Crippen molar-refractivity contribution < 1.29 is 9.53 Å². The number of nitrogens with zero attached hydrogens (tertiary/aromatic N) is 4. The Balaban J connectivity index is 1.50. The number of urea groups is 1. The van der Waals surface area contributed by atoms with Gasteiger partial charge in [-0.3, -0.25) is 4.68 Å². The average molecular weight is 357 g/mol. The summed E-state index contributed by atoms with van der Waals surface area (Å²) in [6.07, 6.45) is 4.03. The van der Waals surface area contributed by atoms with Crippen LogP contribution >= 0.6 is 0 Å². The SMILES string of the molecule is COCc1cn(C[C@@H]2CCCN(C(=O)NCc3ccccc3C)C2)nn1. The first-order chi connectivity index (χ1) is 12.7. The van der Waals surface area contributed by atoms with E-state index in [0.29, 0.717) is 19.1 Å². The first kappa shape index (κ1) is 18.4. The number of carbonyl (C=O) groups excluding carboxylic acids is 1. The van der Waals surface area contributed by atoms with Crippen LogP contribution in [-0.2, 0) is 24.4 Å². The fourth-order valence-electron chi connectivity index (χ4n) is 3.40. The predicted molar refractivity (Wildman–Crippen MR) is 98.4 cm³/mol. The molecule has 2 heterocycles. The number of amides is 2. The van der Waals surface area contributed by atoms with Crippen molar-refractivity contribution in [1.29, 1.82) is 0 Å². The number of benzene rings is 1. The zero-order valence-corrected chi connectivity index (χ0v) is 15.5. The van der Waals surface area contributed by atoms with Gasteiger partial charge in [0, 0.05) is 33.3 Å². The second kappa shape index (κ2) is 8.80. The third-order valence-corrected chi connectivity index (χ3v) is 4.82. The lowest BCUT2D eigenvalue weighted by atomic mass is 9.98. The minimum atomic E-state index is 0.0108.